The van der Waals surface area contributed by atoms with Crippen molar-refractivity contribution in [2.75, 3.05) is 0 Å². The number of hydrogen-bond donors (Lipinski definition) is 8. The van der Waals surface area contributed by atoms with E-state index in [1.165, 1.54) is 55.5 Å². The van der Waals surface area contributed by atoms with Crippen LogP contribution in [0.2, 0.25) is 0 Å². The van der Waals surface area contributed by atoms with Gasteiger partial charge in [0.25, 0.3) is 0 Å². The van der Waals surface area contributed by atoms with Gasteiger partial charge in [0, 0.05) is 28.2 Å². The molecule has 4 aromatic carbocycles. The number of aromatic hydroxyl groups is 8. The van der Waals surface area contributed by atoms with E-state index in [2.05, 4.69) is 0 Å². The van der Waals surface area contributed by atoms with E-state index in [1.54, 1.807) is 0 Å². The standard InChI is InChI=1S/C28H22O10/c1-12(17-10-19(25(35)27(37)23(17)33)21(31)13-2-6-15(29)7-3-13)18-11-20(26(36)28(38)24(18)34)22(32)14-4-8-16(30)9-5-14/h2-12,29-30,33-38H,1H3. The van der Waals surface area contributed by atoms with E-state index in [-0.39, 0.29) is 33.8 Å². The van der Waals surface area contributed by atoms with Crippen molar-refractivity contribution < 1.29 is 50.4 Å². The molecule has 0 spiro atoms. The second-order valence-corrected chi connectivity index (χ2v) is 8.59. The van der Waals surface area contributed by atoms with Gasteiger partial charge in [0.15, 0.2) is 34.6 Å². The van der Waals surface area contributed by atoms with E-state index in [0.717, 1.165) is 12.1 Å². The summed E-state index contributed by atoms with van der Waals surface area (Å²) in [6.07, 6.45) is 0. The molecule has 0 unspecified atom stereocenters. The average Bonchev–Trinajstić information content (AvgIpc) is 2.90. The molecule has 0 radical (unpaired) electrons. The molecule has 0 atom stereocenters. The summed E-state index contributed by atoms with van der Waals surface area (Å²) in [6.45, 7) is 1.42. The predicted molar refractivity (Wildman–Crippen MR) is 133 cm³/mol. The van der Waals surface area contributed by atoms with Gasteiger partial charge in [0.2, 0.25) is 11.5 Å². The molecule has 0 saturated heterocycles. The molecular formula is C28H22O10. The maximum atomic E-state index is 13.0. The van der Waals surface area contributed by atoms with E-state index in [1.807, 2.05) is 0 Å². The van der Waals surface area contributed by atoms with Crippen molar-refractivity contribution in [3.8, 4) is 46.0 Å². The average molecular weight is 518 g/mol. The van der Waals surface area contributed by atoms with Gasteiger partial charge in [-0.2, -0.15) is 0 Å². The highest BCUT2D eigenvalue weighted by Crippen LogP contribution is 2.49. The summed E-state index contributed by atoms with van der Waals surface area (Å²) in [5.74, 6) is -8.31. The molecular weight excluding hydrogens is 496 g/mol. The third kappa shape index (κ3) is 4.35. The van der Waals surface area contributed by atoms with Crippen LogP contribution < -0.4 is 0 Å². The minimum Gasteiger partial charge on any atom is -0.508 e. The number of carbonyl (C=O) groups excluding carboxylic acids is 2. The van der Waals surface area contributed by atoms with Crippen LogP contribution in [0.5, 0.6) is 46.0 Å². The number of ketones is 2. The highest BCUT2D eigenvalue weighted by atomic mass is 16.3. The van der Waals surface area contributed by atoms with Crippen LogP contribution in [0, 0.1) is 0 Å². The molecule has 0 aromatic heterocycles. The van der Waals surface area contributed by atoms with Gasteiger partial charge >= 0.3 is 0 Å². The number of phenols is 8. The van der Waals surface area contributed by atoms with Gasteiger partial charge in [0.1, 0.15) is 11.5 Å². The Hall–Kier alpha value is -5.38. The zero-order valence-corrected chi connectivity index (χ0v) is 19.7. The number of benzene rings is 4. The van der Waals surface area contributed by atoms with Crippen LogP contribution in [0.15, 0.2) is 60.7 Å². The molecule has 194 valence electrons. The fraction of sp³-hybridized carbons (Fsp3) is 0.0714. The lowest BCUT2D eigenvalue weighted by molar-refractivity contribution is 0.102. The zero-order valence-electron chi connectivity index (χ0n) is 19.7. The Morgan fingerprint density at radius 3 is 1.13 bits per heavy atom. The van der Waals surface area contributed by atoms with Gasteiger partial charge in [0.05, 0.1) is 11.1 Å². The Morgan fingerprint density at radius 2 is 0.816 bits per heavy atom. The topological polar surface area (TPSA) is 196 Å². The molecule has 0 aliphatic rings. The highest BCUT2D eigenvalue weighted by molar-refractivity contribution is 6.12. The van der Waals surface area contributed by atoms with Gasteiger partial charge in [-0.1, -0.05) is 6.92 Å². The zero-order chi connectivity index (χ0) is 27.9. The van der Waals surface area contributed by atoms with Crippen molar-refractivity contribution in [1.29, 1.82) is 0 Å². The Balaban J connectivity index is 1.84. The summed E-state index contributed by atoms with van der Waals surface area (Å²) in [4.78, 5) is 26.0. The van der Waals surface area contributed by atoms with Gasteiger partial charge in [-0.3, -0.25) is 9.59 Å². The Labute approximate surface area is 215 Å². The van der Waals surface area contributed by atoms with Gasteiger partial charge in [-0.15, -0.1) is 0 Å². The molecule has 0 heterocycles. The molecule has 0 fully saturated rings. The van der Waals surface area contributed by atoms with Crippen LogP contribution in [0.25, 0.3) is 0 Å². The Kier molecular flexibility index (Phi) is 6.48. The Bertz CT molecular complexity index is 1450. The molecule has 0 bridgehead atoms. The molecule has 10 nitrogen and oxygen atoms in total. The summed E-state index contributed by atoms with van der Waals surface area (Å²) in [7, 11) is 0. The maximum Gasteiger partial charge on any atom is 0.201 e. The first-order chi connectivity index (χ1) is 17.9. The van der Waals surface area contributed by atoms with E-state index in [9.17, 15) is 50.4 Å². The van der Waals surface area contributed by atoms with Gasteiger partial charge in [-0.05, 0) is 60.7 Å². The molecule has 8 N–H and O–H groups in total. The van der Waals surface area contributed by atoms with Crippen molar-refractivity contribution in [3.05, 3.63) is 94.0 Å². The smallest absolute Gasteiger partial charge is 0.201 e. The van der Waals surface area contributed by atoms with Crippen LogP contribution in [-0.4, -0.2) is 52.4 Å². The first kappa shape index (κ1) is 25.7. The largest absolute Gasteiger partial charge is 0.508 e. The van der Waals surface area contributed by atoms with Crippen LogP contribution >= 0.6 is 0 Å². The van der Waals surface area contributed by atoms with Gasteiger partial charge in [-0.25, -0.2) is 0 Å². The molecule has 38 heavy (non-hydrogen) atoms. The number of carbonyl (C=O) groups is 2. The fourth-order valence-corrected chi connectivity index (χ4v) is 4.05. The van der Waals surface area contributed by atoms with Crippen molar-refractivity contribution in [1.82, 2.24) is 0 Å². The van der Waals surface area contributed by atoms with E-state index in [0.29, 0.717) is 0 Å². The molecule has 0 amide bonds. The number of phenolic OH excluding ortho intramolecular Hbond substituents is 8. The monoisotopic (exact) mass is 518 g/mol. The summed E-state index contributed by atoms with van der Waals surface area (Å²) in [6, 6.07) is 12.3. The first-order valence-corrected chi connectivity index (χ1v) is 11.1. The maximum absolute atomic E-state index is 13.0. The van der Waals surface area contributed by atoms with Crippen LogP contribution in [-0.2, 0) is 0 Å². The summed E-state index contributed by atoms with van der Waals surface area (Å²) in [5, 5.41) is 81.6. The Morgan fingerprint density at radius 1 is 0.500 bits per heavy atom. The van der Waals surface area contributed by atoms with E-state index >= 15 is 0 Å². The second kappa shape index (κ2) is 9.58. The van der Waals surface area contributed by atoms with Crippen LogP contribution in [0.4, 0.5) is 0 Å². The van der Waals surface area contributed by atoms with Crippen molar-refractivity contribution in [2.24, 2.45) is 0 Å². The summed E-state index contributed by atoms with van der Waals surface area (Å²) in [5.41, 5.74) is -1.04. The molecule has 4 rings (SSSR count). The summed E-state index contributed by atoms with van der Waals surface area (Å²) >= 11 is 0. The molecule has 10 heteroatoms. The molecule has 0 aliphatic heterocycles. The summed E-state index contributed by atoms with van der Waals surface area (Å²) < 4.78 is 0. The van der Waals surface area contributed by atoms with Crippen molar-refractivity contribution in [2.45, 2.75) is 12.8 Å². The van der Waals surface area contributed by atoms with Crippen LogP contribution in [0.3, 0.4) is 0 Å². The lowest BCUT2D eigenvalue weighted by Gasteiger charge is -2.20. The lowest BCUT2D eigenvalue weighted by atomic mass is 9.86. The number of rotatable bonds is 6. The molecule has 0 aliphatic carbocycles. The van der Waals surface area contributed by atoms with E-state index < -0.39 is 63.1 Å². The lowest BCUT2D eigenvalue weighted by Crippen LogP contribution is -2.07. The van der Waals surface area contributed by atoms with Crippen molar-refractivity contribution in [3.63, 3.8) is 0 Å². The number of hydrogen-bond acceptors (Lipinski definition) is 10. The second-order valence-electron chi connectivity index (χ2n) is 8.59. The van der Waals surface area contributed by atoms with Crippen LogP contribution in [0.1, 0.15) is 55.8 Å². The fourth-order valence-electron chi connectivity index (χ4n) is 4.05. The van der Waals surface area contributed by atoms with Gasteiger partial charge < -0.3 is 40.9 Å². The first-order valence-electron chi connectivity index (χ1n) is 11.1. The third-order valence-corrected chi connectivity index (χ3v) is 6.24. The minimum atomic E-state index is -1.11. The molecule has 4 aromatic rings. The SMILES string of the molecule is CC(c1cc(C(=O)c2ccc(O)cc2)c(O)c(O)c1O)c1cc(C(=O)c2ccc(O)cc2)c(O)c(O)c1O. The highest BCUT2D eigenvalue weighted by Gasteiger charge is 2.29. The van der Waals surface area contributed by atoms with Crippen molar-refractivity contribution >= 4 is 11.6 Å². The minimum absolute atomic E-state index is 0.0497. The predicted octanol–water partition coefficient (Wildman–Crippen LogP) is 3.95. The quantitative estimate of drug-likeness (QED) is 0.137. The third-order valence-electron chi connectivity index (χ3n) is 6.24. The normalized spacial score (nSPS) is 11.0. The molecule has 0 saturated carbocycles. The van der Waals surface area contributed by atoms with E-state index in [4.69, 9.17) is 0 Å².